The van der Waals surface area contributed by atoms with E-state index < -0.39 is 52.4 Å². The third-order valence-corrected chi connectivity index (χ3v) is 12.1. The molecule has 0 unspecified atom stereocenters. The molecular formula is C40H36N12Na4O14S4. The molecule has 6 rings (SSSR count). The van der Waals surface area contributed by atoms with E-state index in [2.05, 4.69) is 71.2 Å². The van der Waals surface area contributed by atoms with Gasteiger partial charge < -0.3 is 50.8 Å². The Morgan fingerprint density at radius 3 is 1.20 bits per heavy atom. The first-order chi connectivity index (χ1) is 33.1. The summed E-state index contributed by atoms with van der Waals surface area (Å²) >= 11 is 0.700. The van der Waals surface area contributed by atoms with Crippen molar-refractivity contribution in [3.63, 3.8) is 0 Å². The molecule has 368 valence electrons. The van der Waals surface area contributed by atoms with Crippen molar-refractivity contribution < 1.29 is 181 Å². The van der Waals surface area contributed by atoms with Crippen LogP contribution in [-0.2, 0) is 39.7 Å². The largest absolute Gasteiger partial charge is 1.00 e. The molecule has 0 atom stereocenters. The van der Waals surface area contributed by atoms with Crippen LogP contribution in [0.4, 0.5) is 58.4 Å². The van der Waals surface area contributed by atoms with Crippen LogP contribution >= 0.6 is 12.0 Å². The Morgan fingerprint density at radius 2 is 0.865 bits per heavy atom. The Morgan fingerprint density at radius 1 is 0.527 bits per heavy atom. The van der Waals surface area contributed by atoms with Crippen molar-refractivity contribution in [1.82, 2.24) is 29.9 Å². The minimum absolute atomic E-state index is 0. The first kappa shape index (κ1) is 66.9. The molecule has 0 spiro atoms. The SMILES string of the molecule is CC(=O)c1ccc(Nc2nc(NCCSOO[O-])nc(Nc3ccc(/C=C/c4ccc(Nc5nc(NCCS(=O)(=O)[O-])nc(Nc6ccc(C(C)=O)cc6)n5)cc4S(=O)(=O)[O-])c(S(=O)(=O)[O-])c3)n2)cc1.[Na+].[Na+].[Na+].[Na+]. The van der Waals surface area contributed by atoms with Gasteiger partial charge in [-0.25, -0.2) is 25.3 Å². The Hall–Kier alpha value is -3.26. The van der Waals surface area contributed by atoms with Crippen LogP contribution in [0.3, 0.4) is 0 Å². The second kappa shape index (κ2) is 30.6. The Labute approximate surface area is 516 Å². The molecule has 0 bridgehead atoms. The van der Waals surface area contributed by atoms with Gasteiger partial charge in [-0.15, -0.1) is 0 Å². The van der Waals surface area contributed by atoms with Crippen LogP contribution in [0.5, 0.6) is 0 Å². The van der Waals surface area contributed by atoms with Crippen LogP contribution in [0, 0.1) is 0 Å². The average Bonchev–Trinajstić information content (AvgIpc) is 3.28. The number of aromatic nitrogens is 6. The zero-order chi connectivity index (χ0) is 50.6. The number of hydrogen-bond donors (Lipinski definition) is 6. The summed E-state index contributed by atoms with van der Waals surface area (Å²) in [6.07, 6.45) is 2.19. The summed E-state index contributed by atoms with van der Waals surface area (Å²) in [6.45, 7) is 2.57. The van der Waals surface area contributed by atoms with Crippen LogP contribution in [0.15, 0.2) is 94.7 Å². The number of benzene rings is 4. The monoisotopic (exact) mass is 1130 g/mol. The molecule has 0 fully saturated rings. The van der Waals surface area contributed by atoms with Gasteiger partial charge in [0, 0.05) is 64.8 Å². The van der Waals surface area contributed by atoms with Gasteiger partial charge in [0.2, 0.25) is 35.7 Å². The molecule has 4 aromatic carbocycles. The molecule has 0 saturated heterocycles. The number of rotatable bonds is 24. The fourth-order valence-corrected chi connectivity index (χ4v) is 7.92. The van der Waals surface area contributed by atoms with Gasteiger partial charge in [0.1, 0.15) is 20.2 Å². The summed E-state index contributed by atoms with van der Waals surface area (Å²) in [7, 11) is -15.1. The van der Waals surface area contributed by atoms with E-state index in [4.69, 9.17) is 0 Å². The number of carbonyl (C=O) groups excluding carboxylic acids is 2. The van der Waals surface area contributed by atoms with Crippen LogP contribution in [-0.4, -0.2) is 105 Å². The number of nitrogens with zero attached hydrogens (tertiary/aromatic N) is 6. The van der Waals surface area contributed by atoms with E-state index in [1.54, 1.807) is 36.4 Å². The minimum Gasteiger partial charge on any atom is -0.748 e. The number of carbonyl (C=O) groups is 2. The van der Waals surface area contributed by atoms with Gasteiger partial charge in [-0.2, -0.15) is 34.2 Å². The van der Waals surface area contributed by atoms with Gasteiger partial charge in [0.25, 0.3) is 0 Å². The topological polar surface area (TPSA) is 397 Å². The summed E-state index contributed by atoms with van der Waals surface area (Å²) in [6, 6.07) is 19.6. The third-order valence-electron chi connectivity index (χ3n) is 9.07. The van der Waals surface area contributed by atoms with Gasteiger partial charge in [-0.05, 0) is 97.8 Å². The molecule has 0 radical (unpaired) electrons. The van der Waals surface area contributed by atoms with Gasteiger partial charge in [-0.1, -0.05) is 24.3 Å². The van der Waals surface area contributed by atoms with Crippen LogP contribution in [0.25, 0.3) is 12.2 Å². The molecule has 0 amide bonds. The number of anilines is 10. The van der Waals surface area contributed by atoms with Crippen LogP contribution in [0.1, 0.15) is 45.7 Å². The second-order valence-electron chi connectivity index (χ2n) is 14.2. The van der Waals surface area contributed by atoms with E-state index in [1.807, 2.05) is 0 Å². The second-order valence-corrected chi connectivity index (χ2v) is 19.2. The van der Waals surface area contributed by atoms with Crippen molar-refractivity contribution >= 4 is 125 Å². The number of ketones is 2. The summed E-state index contributed by atoms with van der Waals surface area (Å²) in [5.41, 5.74) is 1.30. The van der Waals surface area contributed by atoms with Crippen molar-refractivity contribution in [2.45, 2.75) is 23.6 Å². The van der Waals surface area contributed by atoms with Gasteiger partial charge in [-0.3, -0.25) is 14.6 Å². The fourth-order valence-electron chi connectivity index (χ4n) is 5.88. The van der Waals surface area contributed by atoms with Crippen molar-refractivity contribution in [2.24, 2.45) is 0 Å². The van der Waals surface area contributed by atoms with E-state index >= 15 is 0 Å². The van der Waals surface area contributed by atoms with Gasteiger partial charge >= 0.3 is 118 Å². The van der Waals surface area contributed by atoms with E-state index in [9.17, 15) is 53.8 Å². The van der Waals surface area contributed by atoms with E-state index in [1.165, 1.54) is 50.2 Å². The number of Topliss-reactive ketones (excluding diaryl/α,β-unsaturated/α-hetero) is 2. The Bertz CT molecular complexity index is 3280. The Kier molecular flexibility index (Phi) is 27.7. The smallest absolute Gasteiger partial charge is 0.748 e. The van der Waals surface area contributed by atoms with Gasteiger partial charge in [0.15, 0.2) is 11.6 Å². The molecule has 2 heterocycles. The number of nitrogens with one attached hydrogen (secondary N) is 6. The maximum atomic E-state index is 12.6. The molecule has 0 aliphatic carbocycles. The molecule has 0 aliphatic heterocycles. The quantitative estimate of drug-likeness (QED) is 0.00479. The molecule has 26 nitrogen and oxygen atoms in total. The fraction of sp³-hybridized carbons (Fsp3) is 0.150. The standard InChI is InChI=1S/C40H40N12O14S4.4Na/c1-23(53)25-5-11-29(12-6-25)43-37-47-35(41-17-19-67-66-65-55)48-39(51-37)45-31-15-9-27(33(21-31)69(59,60)61)3-4-28-10-16-32(22-34(28)70(62,63)64)46-40-50-36(42-18-20-68(56,57)58)49-38(52-40)44-30-13-7-26(8-14-30)24(2)54;;;;/h3-16,21-22,55H,17-20H2,1-2H3,(H,56,57,58)(H,59,60,61)(H,62,63,64)(H3,41,43,45,47,48,51)(H3,42,44,46,49,50,52);;;;/q;4*+1/p-4/b4-3+;;;;. The first-order valence-corrected chi connectivity index (χ1v) is 25.1. The summed E-state index contributed by atoms with van der Waals surface area (Å²) in [5, 5.41) is 30.3. The molecule has 0 saturated carbocycles. The van der Waals surface area contributed by atoms with Crippen molar-refractivity contribution in [3.05, 3.63) is 107 Å². The molecule has 6 aromatic rings. The maximum Gasteiger partial charge on any atom is 1.00 e. The predicted molar refractivity (Wildman–Crippen MR) is 250 cm³/mol. The molecule has 34 heteroatoms. The number of hydrogen-bond acceptors (Lipinski definition) is 27. The molecule has 0 aliphatic rings. The summed E-state index contributed by atoms with van der Waals surface area (Å²) < 4.78 is 113. The average molecular weight is 1130 g/mol. The third kappa shape index (κ3) is 21.3. The van der Waals surface area contributed by atoms with E-state index in [0.29, 0.717) is 34.5 Å². The van der Waals surface area contributed by atoms with Crippen molar-refractivity contribution in [3.8, 4) is 0 Å². The van der Waals surface area contributed by atoms with Crippen LogP contribution < -0.4 is 155 Å². The van der Waals surface area contributed by atoms with E-state index in [0.717, 1.165) is 24.3 Å². The molecular weight excluding hydrogens is 1090 g/mol. The summed E-state index contributed by atoms with van der Waals surface area (Å²) in [5.74, 6) is -1.70. The maximum absolute atomic E-state index is 12.6. The molecule has 2 aromatic heterocycles. The minimum atomic E-state index is -5.26. The predicted octanol–water partition coefficient (Wildman–Crippen LogP) is -8.33. The van der Waals surface area contributed by atoms with Crippen LogP contribution in [0.2, 0.25) is 0 Å². The Balaban J connectivity index is 0.00000469. The van der Waals surface area contributed by atoms with Crippen molar-refractivity contribution in [2.75, 3.05) is 56.5 Å². The summed E-state index contributed by atoms with van der Waals surface area (Å²) in [4.78, 5) is 47.3. The first-order valence-electron chi connectivity index (χ1n) is 19.8. The van der Waals surface area contributed by atoms with Gasteiger partial charge in [0.05, 0.1) is 25.7 Å². The zero-order valence-corrected chi connectivity index (χ0v) is 51.4. The molecule has 74 heavy (non-hydrogen) atoms. The molecule has 6 N–H and O–H groups in total. The van der Waals surface area contributed by atoms with E-state index in [-0.39, 0.29) is 200 Å². The van der Waals surface area contributed by atoms with Crippen molar-refractivity contribution in [1.29, 1.82) is 0 Å². The normalized spacial score (nSPS) is 11.2. The zero-order valence-electron chi connectivity index (χ0n) is 40.1.